The topological polar surface area (TPSA) is 55.1 Å². The summed E-state index contributed by atoms with van der Waals surface area (Å²) in [7, 11) is 1.86. The van der Waals surface area contributed by atoms with Gasteiger partial charge < -0.3 is 5.11 Å². The molecule has 0 radical (unpaired) electrons. The molecule has 6 heteroatoms. The summed E-state index contributed by atoms with van der Waals surface area (Å²) in [5, 5.41) is 13.4. The number of benzene rings is 1. The van der Waals surface area contributed by atoms with E-state index in [1.54, 1.807) is 16.8 Å². The zero-order valence-electron chi connectivity index (χ0n) is 9.63. The summed E-state index contributed by atoms with van der Waals surface area (Å²) in [5.74, 6) is -0.261. The quantitative estimate of drug-likeness (QED) is 0.877. The number of carbonyl (C=O) groups is 1. The first-order chi connectivity index (χ1) is 8.56. The molecule has 2 aromatic rings. The molecule has 1 aromatic heterocycles. The third-order valence-electron chi connectivity index (χ3n) is 2.32. The van der Waals surface area contributed by atoms with Crippen molar-refractivity contribution in [3.05, 3.63) is 46.2 Å². The van der Waals surface area contributed by atoms with Gasteiger partial charge in [-0.15, -0.1) is 11.8 Å². The van der Waals surface area contributed by atoms with Crippen LogP contribution in [0.1, 0.15) is 16.1 Å². The lowest BCUT2D eigenvalue weighted by Gasteiger charge is -2.05. The maximum atomic E-state index is 11.1. The second-order valence-corrected chi connectivity index (χ2v) is 5.65. The molecule has 18 heavy (non-hydrogen) atoms. The zero-order chi connectivity index (χ0) is 13.1. The number of rotatable bonds is 4. The lowest BCUT2D eigenvalue weighted by Crippen LogP contribution is -1.99. The number of carboxylic acid groups (broad SMARTS) is 1. The zero-order valence-corrected chi connectivity index (χ0v) is 12.0. The first-order valence-corrected chi connectivity index (χ1v) is 6.98. The van der Waals surface area contributed by atoms with Crippen molar-refractivity contribution in [1.29, 1.82) is 0 Å². The minimum absolute atomic E-state index is 0.319. The monoisotopic (exact) mass is 326 g/mol. The number of carboxylic acids is 1. The molecular formula is C12H11BrN2O2S. The van der Waals surface area contributed by atoms with Crippen LogP contribution in [0.4, 0.5) is 0 Å². The Labute approximate surface area is 117 Å². The van der Waals surface area contributed by atoms with E-state index in [1.807, 2.05) is 25.4 Å². The molecule has 0 saturated heterocycles. The van der Waals surface area contributed by atoms with Crippen molar-refractivity contribution in [2.24, 2.45) is 7.05 Å². The van der Waals surface area contributed by atoms with Crippen LogP contribution >= 0.6 is 27.7 Å². The minimum atomic E-state index is -0.911. The van der Waals surface area contributed by atoms with Crippen LogP contribution in [-0.2, 0) is 12.8 Å². The Morgan fingerprint density at radius 3 is 2.89 bits per heavy atom. The number of thioether (sulfide) groups is 1. The average Bonchev–Trinajstić information content (AvgIpc) is 2.72. The third-order valence-corrected chi connectivity index (χ3v) is 3.90. The highest BCUT2D eigenvalue weighted by Gasteiger charge is 2.11. The third kappa shape index (κ3) is 3.14. The fraction of sp³-hybridized carbons (Fsp3) is 0.167. The van der Waals surface area contributed by atoms with Crippen molar-refractivity contribution in [2.75, 3.05) is 0 Å². The maximum Gasteiger partial charge on any atom is 0.336 e. The van der Waals surface area contributed by atoms with Gasteiger partial charge in [-0.1, -0.05) is 15.9 Å². The second-order valence-electron chi connectivity index (χ2n) is 3.72. The molecule has 0 unspecified atom stereocenters. The van der Waals surface area contributed by atoms with Gasteiger partial charge >= 0.3 is 5.97 Å². The number of hydrogen-bond acceptors (Lipinski definition) is 3. The molecule has 0 spiro atoms. The fourth-order valence-electron chi connectivity index (χ4n) is 1.48. The van der Waals surface area contributed by atoms with Gasteiger partial charge in [0.05, 0.1) is 11.3 Å². The molecule has 1 aromatic carbocycles. The summed E-state index contributed by atoms with van der Waals surface area (Å²) < 4.78 is 2.60. The van der Waals surface area contributed by atoms with Crippen molar-refractivity contribution in [2.45, 2.75) is 10.6 Å². The molecule has 94 valence electrons. The van der Waals surface area contributed by atoms with Crippen LogP contribution in [0.25, 0.3) is 0 Å². The number of aromatic nitrogens is 2. The molecule has 0 fully saturated rings. The van der Waals surface area contributed by atoms with Gasteiger partial charge in [-0.05, 0) is 24.3 Å². The van der Waals surface area contributed by atoms with E-state index in [9.17, 15) is 4.79 Å². The number of hydrogen-bond donors (Lipinski definition) is 1. The van der Waals surface area contributed by atoms with Crippen molar-refractivity contribution in [1.82, 2.24) is 9.78 Å². The van der Waals surface area contributed by atoms with E-state index in [4.69, 9.17) is 5.11 Å². The van der Waals surface area contributed by atoms with Crippen molar-refractivity contribution < 1.29 is 9.90 Å². The first kappa shape index (κ1) is 13.2. The summed E-state index contributed by atoms with van der Waals surface area (Å²) in [4.78, 5) is 11.8. The lowest BCUT2D eigenvalue weighted by atomic mass is 10.2. The lowest BCUT2D eigenvalue weighted by molar-refractivity contribution is 0.0693. The Morgan fingerprint density at radius 1 is 1.50 bits per heavy atom. The minimum Gasteiger partial charge on any atom is -0.478 e. The Balaban J connectivity index is 2.17. The molecule has 0 aliphatic carbocycles. The average molecular weight is 327 g/mol. The van der Waals surface area contributed by atoms with Crippen molar-refractivity contribution in [3.63, 3.8) is 0 Å². The van der Waals surface area contributed by atoms with Gasteiger partial charge in [0.25, 0.3) is 0 Å². The Bertz CT molecular complexity index is 583. The van der Waals surface area contributed by atoms with Gasteiger partial charge in [-0.3, -0.25) is 4.68 Å². The van der Waals surface area contributed by atoms with E-state index in [-0.39, 0.29) is 0 Å². The molecule has 0 atom stereocenters. The summed E-state index contributed by atoms with van der Waals surface area (Å²) in [5.41, 5.74) is 1.25. The smallest absolute Gasteiger partial charge is 0.336 e. The Morgan fingerprint density at radius 2 is 2.28 bits per heavy atom. The maximum absolute atomic E-state index is 11.1. The molecule has 4 nitrogen and oxygen atoms in total. The van der Waals surface area contributed by atoms with Crippen molar-refractivity contribution in [3.8, 4) is 0 Å². The summed E-state index contributed by atoms with van der Waals surface area (Å²) in [6, 6.07) is 7.07. The number of aryl methyl sites for hydroxylation is 1. The Kier molecular flexibility index (Phi) is 4.08. The van der Waals surface area contributed by atoms with Crippen LogP contribution in [0, 0.1) is 0 Å². The highest BCUT2D eigenvalue weighted by Crippen LogP contribution is 2.28. The van der Waals surface area contributed by atoms with E-state index >= 15 is 0 Å². The number of nitrogens with zero attached hydrogens (tertiary/aromatic N) is 2. The molecule has 0 aliphatic heterocycles. The summed E-state index contributed by atoms with van der Waals surface area (Å²) in [6.45, 7) is 0. The van der Waals surface area contributed by atoms with Crippen LogP contribution < -0.4 is 0 Å². The SMILES string of the molecule is Cn1ccc(CSc2cc(Br)ccc2C(=O)O)n1. The normalized spacial score (nSPS) is 10.6. The van der Waals surface area contributed by atoms with Gasteiger partial charge in [0, 0.05) is 28.4 Å². The highest BCUT2D eigenvalue weighted by molar-refractivity contribution is 9.10. The van der Waals surface area contributed by atoms with Crippen LogP contribution in [0.15, 0.2) is 39.8 Å². The second kappa shape index (κ2) is 5.58. The molecule has 2 rings (SSSR count). The largest absolute Gasteiger partial charge is 0.478 e. The van der Waals surface area contributed by atoms with E-state index in [0.717, 1.165) is 15.1 Å². The van der Waals surface area contributed by atoms with Gasteiger partial charge in [0.2, 0.25) is 0 Å². The summed E-state index contributed by atoms with van der Waals surface area (Å²) in [6.07, 6.45) is 1.87. The van der Waals surface area contributed by atoms with Crippen LogP contribution in [0.3, 0.4) is 0 Å². The van der Waals surface area contributed by atoms with Gasteiger partial charge in [-0.2, -0.15) is 5.10 Å². The molecule has 1 N–H and O–H groups in total. The molecular weight excluding hydrogens is 316 g/mol. The molecule has 1 heterocycles. The van der Waals surface area contributed by atoms with Gasteiger partial charge in [0.1, 0.15) is 0 Å². The number of halogens is 1. The standard InChI is InChI=1S/C12H11BrN2O2S/c1-15-5-4-9(14-15)7-18-11-6-8(13)2-3-10(11)12(16)17/h2-6H,7H2,1H3,(H,16,17). The molecule has 0 saturated carbocycles. The predicted octanol–water partition coefficient (Wildman–Crippen LogP) is 3.17. The van der Waals surface area contributed by atoms with Crippen molar-refractivity contribution >= 4 is 33.7 Å². The summed E-state index contributed by atoms with van der Waals surface area (Å²) >= 11 is 4.82. The van der Waals surface area contributed by atoms with Crippen LogP contribution in [0.2, 0.25) is 0 Å². The van der Waals surface area contributed by atoms with Crippen LogP contribution in [-0.4, -0.2) is 20.9 Å². The Hall–Kier alpha value is -1.27. The fourth-order valence-corrected chi connectivity index (χ4v) is 2.98. The van der Waals surface area contributed by atoms with E-state index in [0.29, 0.717) is 11.3 Å². The number of aromatic carboxylic acids is 1. The molecule has 0 amide bonds. The van der Waals surface area contributed by atoms with E-state index < -0.39 is 5.97 Å². The molecule has 0 aliphatic rings. The van der Waals surface area contributed by atoms with Crippen LogP contribution in [0.5, 0.6) is 0 Å². The van der Waals surface area contributed by atoms with Gasteiger partial charge in [-0.25, -0.2) is 4.79 Å². The highest BCUT2D eigenvalue weighted by atomic mass is 79.9. The first-order valence-electron chi connectivity index (χ1n) is 5.20. The van der Waals surface area contributed by atoms with E-state index in [1.165, 1.54) is 11.8 Å². The predicted molar refractivity (Wildman–Crippen MR) is 73.9 cm³/mol. The van der Waals surface area contributed by atoms with Gasteiger partial charge in [0.15, 0.2) is 0 Å². The molecule has 0 bridgehead atoms. The van der Waals surface area contributed by atoms with E-state index in [2.05, 4.69) is 21.0 Å².